The van der Waals surface area contributed by atoms with Crippen LogP contribution in [0.25, 0.3) is 0 Å². The highest BCUT2D eigenvalue weighted by molar-refractivity contribution is 7.89. The molecule has 1 N–H and O–H groups in total. The second-order valence-electron chi connectivity index (χ2n) is 4.92. The van der Waals surface area contributed by atoms with Crippen LogP contribution < -0.4 is 4.72 Å². The van der Waals surface area contributed by atoms with Crippen LogP contribution in [-0.2, 0) is 14.8 Å². The summed E-state index contributed by atoms with van der Waals surface area (Å²) in [6.07, 6.45) is 1.34. The molecule has 0 radical (unpaired) electrons. The van der Waals surface area contributed by atoms with Gasteiger partial charge in [-0.3, -0.25) is 4.79 Å². The summed E-state index contributed by atoms with van der Waals surface area (Å²) in [5.41, 5.74) is 0. The number of hydrogen-bond donors (Lipinski definition) is 1. The molecule has 0 spiro atoms. The van der Waals surface area contributed by atoms with Gasteiger partial charge in [-0.25, -0.2) is 17.5 Å². The van der Waals surface area contributed by atoms with Crippen molar-refractivity contribution >= 4 is 15.9 Å². The van der Waals surface area contributed by atoms with Crippen LogP contribution in [0.15, 0.2) is 29.2 Å². The van der Waals surface area contributed by atoms with Gasteiger partial charge < -0.3 is 4.90 Å². The first kappa shape index (κ1) is 14.9. The minimum Gasteiger partial charge on any atom is -0.341 e. The first-order valence-electron chi connectivity index (χ1n) is 6.44. The Morgan fingerprint density at radius 2 is 2.00 bits per heavy atom. The lowest BCUT2D eigenvalue weighted by atomic mass is 10.3. The van der Waals surface area contributed by atoms with E-state index in [0.29, 0.717) is 19.5 Å². The zero-order valence-electron chi connectivity index (χ0n) is 11.2. The van der Waals surface area contributed by atoms with Crippen LogP contribution in [0.3, 0.4) is 0 Å². The SMILES string of the molecule is CC(CN1CCCC1=O)NS(=O)(=O)c1ccc(F)cc1. The van der Waals surface area contributed by atoms with Crippen LogP contribution in [0.5, 0.6) is 0 Å². The van der Waals surface area contributed by atoms with Gasteiger partial charge in [0.25, 0.3) is 0 Å². The van der Waals surface area contributed by atoms with Crippen molar-refractivity contribution in [3.05, 3.63) is 30.1 Å². The van der Waals surface area contributed by atoms with Crippen molar-refractivity contribution < 1.29 is 17.6 Å². The summed E-state index contributed by atoms with van der Waals surface area (Å²) in [7, 11) is -3.69. The molecular formula is C13H17FN2O3S. The molecule has 0 aromatic heterocycles. The normalized spacial score (nSPS) is 17.5. The molecule has 1 aromatic rings. The summed E-state index contributed by atoms with van der Waals surface area (Å²) in [4.78, 5) is 13.2. The molecule has 1 aliphatic heterocycles. The fraction of sp³-hybridized carbons (Fsp3) is 0.462. The monoisotopic (exact) mass is 300 g/mol. The highest BCUT2D eigenvalue weighted by atomic mass is 32.2. The van der Waals surface area contributed by atoms with Gasteiger partial charge in [-0.1, -0.05) is 0 Å². The van der Waals surface area contributed by atoms with Gasteiger partial charge in [0.2, 0.25) is 15.9 Å². The van der Waals surface area contributed by atoms with Crippen LogP contribution >= 0.6 is 0 Å². The van der Waals surface area contributed by atoms with Gasteiger partial charge in [0, 0.05) is 25.6 Å². The van der Waals surface area contributed by atoms with E-state index in [1.54, 1.807) is 11.8 Å². The van der Waals surface area contributed by atoms with Gasteiger partial charge in [0.05, 0.1) is 4.90 Å². The largest absolute Gasteiger partial charge is 0.341 e. The Morgan fingerprint density at radius 3 is 2.55 bits per heavy atom. The van der Waals surface area contributed by atoms with Crippen molar-refractivity contribution in [2.45, 2.75) is 30.7 Å². The number of nitrogens with one attached hydrogen (secondary N) is 1. The molecule has 1 heterocycles. The second kappa shape index (κ2) is 5.88. The molecule has 0 aliphatic carbocycles. The van der Waals surface area contributed by atoms with E-state index in [9.17, 15) is 17.6 Å². The average Bonchev–Trinajstić information content (AvgIpc) is 2.74. The maximum absolute atomic E-state index is 12.8. The molecule has 1 aliphatic rings. The molecule has 110 valence electrons. The summed E-state index contributed by atoms with van der Waals surface area (Å²) < 4.78 is 39.4. The first-order valence-corrected chi connectivity index (χ1v) is 7.92. The molecule has 1 saturated heterocycles. The number of likely N-dealkylation sites (tertiary alicyclic amines) is 1. The Balaban J connectivity index is 2.00. The van der Waals surface area contributed by atoms with Gasteiger partial charge in [-0.2, -0.15) is 0 Å². The number of sulfonamides is 1. The third-order valence-corrected chi connectivity index (χ3v) is 4.75. The maximum atomic E-state index is 12.8. The van der Waals surface area contributed by atoms with Gasteiger partial charge in [0.1, 0.15) is 5.82 Å². The Morgan fingerprint density at radius 1 is 1.35 bits per heavy atom. The number of rotatable bonds is 5. The number of carbonyl (C=O) groups excluding carboxylic acids is 1. The number of amides is 1. The Labute approximate surface area is 117 Å². The molecule has 20 heavy (non-hydrogen) atoms. The number of nitrogens with zero attached hydrogens (tertiary/aromatic N) is 1. The van der Waals surface area contributed by atoms with Crippen molar-refractivity contribution in [1.29, 1.82) is 0 Å². The van der Waals surface area contributed by atoms with Crippen LogP contribution in [0.1, 0.15) is 19.8 Å². The van der Waals surface area contributed by atoms with Crippen molar-refractivity contribution in [3.8, 4) is 0 Å². The Kier molecular flexibility index (Phi) is 4.39. The van der Waals surface area contributed by atoms with Crippen LogP contribution in [0.4, 0.5) is 4.39 Å². The second-order valence-corrected chi connectivity index (χ2v) is 6.63. The van der Waals surface area contributed by atoms with Gasteiger partial charge in [-0.15, -0.1) is 0 Å². The smallest absolute Gasteiger partial charge is 0.240 e. The molecule has 1 amide bonds. The zero-order chi connectivity index (χ0) is 14.8. The molecule has 2 rings (SSSR count). The number of halogens is 1. The van der Waals surface area contributed by atoms with Crippen molar-refractivity contribution in [3.63, 3.8) is 0 Å². The van der Waals surface area contributed by atoms with Crippen LogP contribution in [0, 0.1) is 5.82 Å². The van der Waals surface area contributed by atoms with Gasteiger partial charge in [-0.05, 0) is 37.6 Å². The summed E-state index contributed by atoms with van der Waals surface area (Å²) in [6, 6.07) is 4.23. The van der Waals surface area contributed by atoms with E-state index < -0.39 is 21.9 Å². The summed E-state index contributed by atoms with van der Waals surface area (Å²) in [5, 5.41) is 0. The predicted octanol–water partition coefficient (Wildman–Crippen LogP) is 1.11. The molecule has 7 heteroatoms. The van der Waals surface area contributed by atoms with E-state index in [4.69, 9.17) is 0 Å². The number of hydrogen-bond acceptors (Lipinski definition) is 3. The molecule has 1 aromatic carbocycles. The van der Waals surface area contributed by atoms with Crippen LogP contribution in [0.2, 0.25) is 0 Å². The van der Waals surface area contributed by atoms with E-state index in [1.807, 2.05) is 0 Å². The fourth-order valence-electron chi connectivity index (χ4n) is 2.21. The molecule has 1 fully saturated rings. The standard InChI is InChI=1S/C13H17FN2O3S/c1-10(9-16-8-2-3-13(16)17)15-20(18,19)12-6-4-11(14)5-7-12/h4-7,10,15H,2-3,8-9H2,1H3. The summed E-state index contributed by atoms with van der Waals surface area (Å²) in [6.45, 7) is 2.72. The van der Waals surface area contributed by atoms with Gasteiger partial charge >= 0.3 is 0 Å². The lowest BCUT2D eigenvalue weighted by Gasteiger charge is -2.21. The van der Waals surface area contributed by atoms with Gasteiger partial charge in [0.15, 0.2) is 0 Å². The molecule has 1 atom stereocenters. The maximum Gasteiger partial charge on any atom is 0.240 e. The van der Waals surface area contributed by atoms with E-state index in [2.05, 4.69) is 4.72 Å². The van der Waals surface area contributed by atoms with E-state index in [-0.39, 0.29) is 10.8 Å². The highest BCUT2D eigenvalue weighted by Gasteiger charge is 2.24. The van der Waals surface area contributed by atoms with E-state index in [0.717, 1.165) is 18.6 Å². The zero-order valence-corrected chi connectivity index (χ0v) is 12.0. The third-order valence-electron chi connectivity index (χ3n) is 3.15. The molecule has 1 unspecified atom stereocenters. The quantitative estimate of drug-likeness (QED) is 0.886. The Hall–Kier alpha value is -1.47. The fourth-order valence-corrected chi connectivity index (χ4v) is 3.45. The minimum atomic E-state index is -3.69. The highest BCUT2D eigenvalue weighted by Crippen LogP contribution is 2.13. The average molecular weight is 300 g/mol. The van der Waals surface area contributed by atoms with E-state index >= 15 is 0 Å². The lowest BCUT2D eigenvalue weighted by Crippen LogP contribution is -2.42. The Bertz CT molecular complexity index is 586. The predicted molar refractivity (Wildman–Crippen MR) is 72.0 cm³/mol. The summed E-state index contributed by atoms with van der Waals surface area (Å²) >= 11 is 0. The molecule has 0 bridgehead atoms. The van der Waals surface area contributed by atoms with E-state index in [1.165, 1.54) is 12.1 Å². The molecule has 0 saturated carbocycles. The number of benzene rings is 1. The van der Waals surface area contributed by atoms with Crippen molar-refractivity contribution in [2.75, 3.05) is 13.1 Å². The summed E-state index contributed by atoms with van der Waals surface area (Å²) in [5.74, 6) is -0.433. The first-order chi connectivity index (χ1) is 9.38. The lowest BCUT2D eigenvalue weighted by molar-refractivity contribution is -0.127. The topological polar surface area (TPSA) is 66.5 Å². The molecular weight excluding hydrogens is 283 g/mol. The molecule has 5 nitrogen and oxygen atoms in total. The third kappa shape index (κ3) is 3.55. The minimum absolute atomic E-state index is 0.0125. The van der Waals surface area contributed by atoms with Crippen molar-refractivity contribution in [2.24, 2.45) is 0 Å². The number of carbonyl (C=O) groups is 1. The van der Waals surface area contributed by atoms with Crippen molar-refractivity contribution in [1.82, 2.24) is 9.62 Å². The van der Waals surface area contributed by atoms with Crippen LogP contribution in [-0.4, -0.2) is 38.4 Å².